The molecule has 2 aliphatic heterocycles. The van der Waals surface area contributed by atoms with Crippen molar-refractivity contribution in [2.24, 2.45) is 5.73 Å². The number of para-hydroxylation sites is 1. The van der Waals surface area contributed by atoms with Gasteiger partial charge in [0.2, 0.25) is 0 Å². The van der Waals surface area contributed by atoms with Gasteiger partial charge in [-0.3, -0.25) is 4.90 Å². The summed E-state index contributed by atoms with van der Waals surface area (Å²) in [6, 6.07) is 5.93. The first-order chi connectivity index (χ1) is 9.28. The van der Waals surface area contributed by atoms with Crippen molar-refractivity contribution in [3.05, 3.63) is 28.8 Å². The molecule has 0 bridgehead atoms. The molecule has 0 aliphatic carbocycles. The highest BCUT2D eigenvalue weighted by atomic mass is 35.5. The van der Waals surface area contributed by atoms with Gasteiger partial charge < -0.3 is 15.2 Å². The molecule has 1 saturated heterocycles. The van der Waals surface area contributed by atoms with Crippen LogP contribution in [0.5, 0.6) is 5.75 Å². The minimum Gasteiger partial charge on any atom is -0.492 e. The molecule has 2 N–H and O–H groups in total. The number of fused-ring (bicyclic) bond motifs is 1. The van der Waals surface area contributed by atoms with Gasteiger partial charge in [-0.2, -0.15) is 0 Å². The Morgan fingerprint density at radius 3 is 2.79 bits per heavy atom. The van der Waals surface area contributed by atoms with Crippen molar-refractivity contribution in [2.75, 3.05) is 39.5 Å². The highest BCUT2D eigenvalue weighted by molar-refractivity contribution is 6.32. The summed E-state index contributed by atoms with van der Waals surface area (Å²) in [6.45, 7) is 4.57. The molecule has 19 heavy (non-hydrogen) atoms. The Kier molecular flexibility index (Phi) is 3.67. The molecule has 1 aromatic carbocycles. The number of morpholine rings is 1. The maximum absolute atomic E-state index is 6.26. The summed E-state index contributed by atoms with van der Waals surface area (Å²) in [5, 5.41) is 0.670. The van der Waals surface area contributed by atoms with E-state index in [-0.39, 0.29) is 5.54 Å². The molecule has 4 nitrogen and oxygen atoms in total. The van der Waals surface area contributed by atoms with Crippen molar-refractivity contribution in [1.29, 1.82) is 0 Å². The molecule has 0 amide bonds. The normalized spacial score (nSPS) is 27.7. The number of nitrogens with zero attached hydrogens (tertiary/aromatic N) is 1. The monoisotopic (exact) mass is 282 g/mol. The van der Waals surface area contributed by atoms with Crippen LogP contribution < -0.4 is 10.5 Å². The summed E-state index contributed by atoms with van der Waals surface area (Å²) in [4.78, 5) is 2.42. The highest BCUT2D eigenvalue weighted by Crippen LogP contribution is 2.44. The Morgan fingerprint density at radius 2 is 2.05 bits per heavy atom. The van der Waals surface area contributed by atoms with Crippen LogP contribution in [0.3, 0.4) is 0 Å². The SMILES string of the molecule is NCC1(N2CCOCC2)CCOc2c(Cl)cccc21. The molecule has 0 radical (unpaired) electrons. The summed E-state index contributed by atoms with van der Waals surface area (Å²) < 4.78 is 11.2. The van der Waals surface area contributed by atoms with Gasteiger partial charge in [0.1, 0.15) is 5.75 Å². The molecule has 1 unspecified atom stereocenters. The summed E-state index contributed by atoms with van der Waals surface area (Å²) in [6.07, 6.45) is 0.900. The lowest BCUT2D eigenvalue weighted by atomic mass is 9.82. The van der Waals surface area contributed by atoms with Gasteiger partial charge in [-0.05, 0) is 6.07 Å². The zero-order valence-electron chi connectivity index (χ0n) is 10.9. The van der Waals surface area contributed by atoms with E-state index in [2.05, 4.69) is 11.0 Å². The molecule has 1 fully saturated rings. The molecular weight excluding hydrogens is 264 g/mol. The summed E-state index contributed by atoms with van der Waals surface area (Å²) in [5.74, 6) is 0.798. The fourth-order valence-electron chi connectivity index (χ4n) is 3.14. The number of rotatable bonds is 2. The van der Waals surface area contributed by atoms with Crippen LogP contribution in [0.1, 0.15) is 12.0 Å². The topological polar surface area (TPSA) is 47.7 Å². The van der Waals surface area contributed by atoms with E-state index in [9.17, 15) is 0 Å². The second-order valence-corrected chi connectivity index (χ2v) is 5.46. The van der Waals surface area contributed by atoms with E-state index >= 15 is 0 Å². The minimum atomic E-state index is -0.164. The molecule has 3 rings (SSSR count). The second kappa shape index (κ2) is 5.29. The van der Waals surface area contributed by atoms with Crippen LogP contribution in [0.2, 0.25) is 5.02 Å². The molecule has 0 aromatic heterocycles. The van der Waals surface area contributed by atoms with E-state index in [4.69, 9.17) is 26.8 Å². The average Bonchev–Trinajstić information content (AvgIpc) is 2.48. The van der Waals surface area contributed by atoms with Crippen molar-refractivity contribution >= 4 is 11.6 Å². The van der Waals surface area contributed by atoms with Crippen molar-refractivity contribution in [1.82, 2.24) is 4.90 Å². The van der Waals surface area contributed by atoms with Crippen molar-refractivity contribution in [3.8, 4) is 5.75 Å². The lowest BCUT2D eigenvalue weighted by molar-refractivity contribution is -0.0364. The fourth-order valence-corrected chi connectivity index (χ4v) is 3.37. The number of benzene rings is 1. The third-order valence-electron chi connectivity index (χ3n) is 4.18. The third kappa shape index (κ3) is 2.13. The van der Waals surface area contributed by atoms with E-state index in [0.717, 1.165) is 44.0 Å². The van der Waals surface area contributed by atoms with Crippen LogP contribution in [-0.4, -0.2) is 44.4 Å². The van der Waals surface area contributed by atoms with Gasteiger partial charge >= 0.3 is 0 Å². The van der Waals surface area contributed by atoms with E-state index in [0.29, 0.717) is 18.2 Å². The van der Waals surface area contributed by atoms with Crippen LogP contribution in [0.15, 0.2) is 18.2 Å². The Hall–Kier alpha value is -0.810. The molecular formula is C14H19ClN2O2. The number of nitrogens with two attached hydrogens (primary N) is 1. The zero-order chi connectivity index (χ0) is 13.3. The molecule has 2 heterocycles. The summed E-state index contributed by atoms with van der Waals surface area (Å²) in [5.41, 5.74) is 7.11. The molecule has 1 atom stereocenters. The summed E-state index contributed by atoms with van der Waals surface area (Å²) in [7, 11) is 0. The van der Waals surface area contributed by atoms with Crippen LogP contribution in [0.25, 0.3) is 0 Å². The lowest BCUT2D eigenvalue weighted by Gasteiger charge is -2.48. The van der Waals surface area contributed by atoms with Gasteiger partial charge in [-0.25, -0.2) is 0 Å². The smallest absolute Gasteiger partial charge is 0.142 e. The van der Waals surface area contributed by atoms with E-state index in [1.165, 1.54) is 0 Å². The predicted octanol–water partition coefficient (Wildman–Crippen LogP) is 1.61. The Balaban J connectivity index is 2.05. The first kappa shape index (κ1) is 13.2. The Bertz CT molecular complexity index is 463. The van der Waals surface area contributed by atoms with Crippen molar-refractivity contribution in [3.63, 3.8) is 0 Å². The fraction of sp³-hybridized carbons (Fsp3) is 0.571. The minimum absolute atomic E-state index is 0.164. The quantitative estimate of drug-likeness (QED) is 0.895. The van der Waals surface area contributed by atoms with Crippen LogP contribution in [0, 0.1) is 0 Å². The van der Waals surface area contributed by atoms with E-state index in [1.54, 1.807) is 0 Å². The maximum atomic E-state index is 6.26. The van der Waals surface area contributed by atoms with Crippen LogP contribution in [0.4, 0.5) is 0 Å². The van der Waals surface area contributed by atoms with E-state index in [1.807, 2.05) is 12.1 Å². The number of hydrogen-bond donors (Lipinski definition) is 1. The molecule has 0 saturated carbocycles. The first-order valence-electron chi connectivity index (χ1n) is 6.72. The van der Waals surface area contributed by atoms with Crippen LogP contribution >= 0.6 is 11.6 Å². The third-order valence-corrected chi connectivity index (χ3v) is 4.48. The zero-order valence-corrected chi connectivity index (χ0v) is 11.7. The van der Waals surface area contributed by atoms with Gasteiger partial charge in [0, 0.05) is 31.6 Å². The first-order valence-corrected chi connectivity index (χ1v) is 7.10. The van der Waals surface area contributed by atoms with Crippen LogP contribution in [-0.2, 0) is 10.3 Å². The predicted molar refractivity (Wildman–Crippen MR) is 74.7 cm³/mol. The van der Waals surface area contributed by atoms with Gasteiger partial charge in [0.05, 0.1) is 30.4 Å². The highest BCUT2D eigenvalue weighted by Gasteiger charge is 2.42. The average molecular weight is 283 g/mol. The number of ether oxygens (including phenoxy) is 2. The largest absolute Gasteiger partial charge is 0.492 e. The van der Waals surface area contributed by atoms with Gasteiger partial charge in [0.15, 0.2) is 0 Å². The number of halogens is 1. The Labute approximate surface area is 118 Å². The van der Waals surface area contributed by atoms with Gasteiger partial charge in [0.25, 0.3) is 0 Å². The lowest BCUT2D eigenvalue weighted by Crippen LogP contribution is -2.57. The molecule has 5 heteroatoms. The second-order valence-electron chi connectivity index (χ2n) is 5.05. The van der Waals surface area contributed by atoms with E-state index < -0.39 is 0 Å². The molecule has 104 valence electrons. The molecule has 2 aliphatic rings. The van der Waals surface area contributed by atoms with Crippen molar-refractivity contribution in [2.45, 2.75) is 12.0 Å². The number of hydrogen-bond acceptors (Lipinski definition) is 4. The molecule has 1 aromatic rings. The standard InChI is InChI=1S/C14H19ClN2O2/c15-12-3-1-2-11-13(12)19-7-4-14(11,10-16)17-5-8-18-9-6-17/h1-3H,4-10,16H2. The summed E-state index contributed by atoms with van der Waals surface area (Å²) >= 11 is 6.26. The Morgan fingerprint density at radius 1 is 1.26 bits per heavy atom. The van der Waals surface area contributed by atoms with Crippen molar-refractivity contribution < 1.29 is 9.47 Å². The van der Waals surface area contributed by atoms with Gasteiger partial charge in [-0.1, -0.05) is 23.7 Å². The van der Waals surface area contributed by atoms with Gasteiger partial charge in [-0.15, -0.1) is 0 Å². The molecule has 0 spiro atoms. The maximum Gasteiger partial charge on any atom is 0.142 e.